The lowest BCUT2D eigenvalue weighted by atomic mass is 9.95. The number of carbonyl (C=O) groups is 1. The molecule has 0 radical (unpaired) electrons. The molecule has 13 heavy (non-hydrogen) atoms. The number of hydrogen-bond donors (Lipinski definition) is 1. The zero-order valence-corrected chi connectivity index (χ0v) is 8.19. The largest absolute Gasteiger partial charge is 0.467 e. The van der Waals surface area contributed by atoms with Crippen molar-refractivity contribution >= 4 is 17.3 Å². The summed E-state index contributed by atoms with van der Waals surface area (Å²) >= 11 is 1.65. The minimum absolute atomic E-state index is 0.329. The molecule has 2 N–H and O–H groups in total. The fraction of sp³-hybridized carbons (Fsp3) is 0.444. The van der Waals surface area contributed by atoms with Crippen molar-refractivity contribution in [1.82, 2.24) is 0 Å². The third kappa shape index (κ3) is 1.09. The maximum atomic E-state index is 11.5. The first-order valence-corrected chi connectivity index (χ1v) is 5.00. The van der Waals surface area contributed by atoms with E-state index in [0.29, 0.717) is 6.42 Å². The lowest BCUT2D eigenvalue weighted by molar-refractivity contribution is -0.147. The van der Waals surface area contributed by atoms with E-state index in [1.807, 2.05) is 11.4 Å². The predicted molar refractivity (Wildman–Crippen MR) is 50.5 cm³/mol. The molecule has 70 valence electrons. The van der Waals surface area contributed by atoms with Crippen LogP contribution in [0.15, 0.2) is 11.4 Å². The molecule has 0 aliphatic heterocycles. The van der Waals surface area contributed by atoms with Crippen molar-refractivity contribution in [2.24, 2.45) is 5.73 Å². The van der Waals surface area contributed by atoms with Crippen LogP contribution in [-0.2, 0) is 21.5 Å². The molecule has 0 fully saturated rings. The van der Waals surface area contributed by atoms with Gasteiger partial charge in [-0.15, -0.1) is 11.3 Å². The third-order valence-corrected chi connectivity index (χ3v) is 3.50. The van der Waals surface area contributed by atoms with Gasteiger partial charge in [0.15, 0.2) is 0 Å². The highest BCUT2D eigenvalue weighted by atomic mass is 32.1. The van der Waals surface area contributed by atoms with Gasteiger partial charge in [-0.3, -0.25) is 0 Å². The standard InChI is InChI=1S/C9H11NO2S/c1-12-8(11)9(10)4-2-7-6(9)3-5-13-7/h3,5H,2,4,10H2,1H3. The summed E-state index contributed by atoms with van der Waals surface area (Å²) in [5.74, 6) is -0.329. The average molecular weight is 197 g/mol. The highest BCUT2D eigenvalue weighted by Crippen LogP contribution is 2.38. The minimum atomic E-state index is -0.885. The van der Waals surface area contributed by atoms with Crippen LogP contribution in [-0.4, -0.2) is 13.1 Å². The first-order chi connectivity index (χ1) is 6.18. The average Bonchev–Trinajstić information content (AvgIpc) is 2.69. The van der Waals surface area contributed by atoms with Crippen molar-refractivity contribution in [1.29, 1.82) is 0 Å². The van der Waals surface area contributed by atoms with Crippen molar-refractivity contribution in [3.63, 3.8) is 0 Å². The molecule has 1 aliphatic carbocycles. The Kier molecular flexibility index (Phi) is 1.89. The molecule has 0 aromatic carbocycles. The van der Waals surface area contributed by atoms with E-state index in [1.54, 1.807) is 11.3 Å². The molecule has 1 aliphatic rings. The van der Waals surface area contributed by atoms with E-state index in [0.717, 1.165) is 12.0 Å². The summed E-state index contributed by atoms with van der Waals surface area (Å²) in [6.07, 6.45) is 1.56. The van der Waals surface area contributed by atoms with Crippen LogP contribution in [0.5, 0.6) is 0 Å². The smallest absolute Gasteiger partial charge is 0.330 e. The van der Waals surface area contributed by atoms with E-state index in [1.165, 1.54) is 12.0 Å². The van der Waals surface area contributed by atoms with Crippen LogP contribution < -0.4 is 5.73 Å². The number of carbonyl (C=O) groups excluding carboxylic acids is 1. The number of ether oxygens (including phenoxy) is 1. The van der Waals surface area contributed by atoms with Crippen LogP contribution in [0.25, 0.3) is 0 Å². The Morgan fingerprint density at radius 3 is 3.23 bits per heavy atom. The zero-order chi connectivity index (χ0) is 9.47. The molecule has 0 saturated carbocycles. The second kappa shape index (κ2) is 2.82. The summed E-state index contributed by atoms with van der Waals surface area (Å²) in [4.78, 5) is 12.7. The van der Waals surface area contributed by atoms with Gasteiger partial charge in [-0.25, -0.2) is 4.79 Å². The first-order valence-electron chi connectivity index (χ1n) is 4.12. The van der Waals surface area contributed by atoms with Crippen molar-refractivity contribution in [3.8, 4) is 0 Å². The number of esters is 1. The molecule has 2 rings (SSSR count). The second-order valence-electron chi connectivity index (χ2n) is 3.22. The highest BCUT2D eigenvalue weighted by Gasteiger charge is 2.43. The summed E-state index contributed by atoms with van der Waals surface area (Å²) in [7, 11) is 1.38. The van der Waals surface area contributed by atoms with Crippen molar-refractivity contribution in [2.45, 2.75) is 18.4 Å². The van der Waals surface area contributed by atoms with Crippen molar-refractivity contribution < 1.29 is 9.53 Å². The van der Waals surface area contributed by atoms with Gasteiger partial charge in [-0.1, -0.05) is 0 Å². The predicted octanol–water partition coefficient (Wildman–Crippen LogP) is 1.02. The molecule has 0 bridgehead atoms. The highest BCUT2D eigenvalue weighted by molar-refractivity contribution is 7.10. The van der Waals surface area contributed by atoms with Crippen LogP contribution in [0, 0.1) is 0 Å². The van der Waals surface area contributed by atoms with Gasteiger partial charge in [0.2, 0.25) is 0 Å². The van der Waals surface area contributed by atoms with E-state index in [2.05, 4.69) is 0 Å². The Morgan fingerprint density at radius 1 is 1.77 bits per heavy atom. The topological polar surface area (TPSA) is 52.3 Å². The second-order valence-corrected chi connectivity index (χ2v) is 4.22. The number of methoxy groups -OCH3 is 1. The number of rotatable bonds is 1. The van der Waals surface area contributed by atoms with Gasteiger partial charge in [0.1, 0.15) is 5.54 Å². The number of hydrogen-bond acceptors (Lipinski definition) is 4. The fourth-order valence-electron chi connectivity index (χ4n) is 1.77. The maximum absolute atomic E-state index is 11.5. The molecule has 4 heteroatoms. The SMILES string of the molecule is COC(=O)C1(N)CCc2sccc21. The lowest BCUT2D eigenvalue weighted by Gasteiger charge is -2.20. The Balaban J connectivity index is 2.43. The molecule has 1 heterocycles. The van der Waals surface area contributed by atoms with Crippen LogP contribution in [0.4, 0.5) is 0 Å². The minimum Gasteiger partial charge on any atom is -0.467 e. The summed E-state index contributed by atoms with van der Waals surface area (Å²) < 4.78 is 4.70. The maximum Gasteiger partial charge on any atom is 0.330 e. The van der Waals surface area contributed by atoms with E-state index in [-0.39, 0.29) is 5.97 Å². The monoisotopic (exact) mass is 197 g/mol. The molecule has 1 aromatic rings. The zero-order valence-electron chi connectivity index (χ0n) is 7.37. The van der Waals surface area contributed by atoms with E-state index in [9.17, 15) is 4.79 Å². The van der Waals surface area contributed by atoms with Gasteiger partial charge in [0, 0.05) is 4.88 Å². The molecule has 1 unspecified atom stereocenters. The normalized spacial score (nSPS) is 25.7. The third-order valence-electron chi connectivity index (χ3n) is 2.52. The number of aryl methyl sites for hydroxylation is 1. The molecular weight excluding hydrogens is 186 g/mol. The van der Waals surface area contributed by atoms with Gasteiger partial charge >= 0.3 is 5.97 Å². The van der Waals surface area contributed by atoms with E-state index >= 15 is 0 Å². The van der Waals surface area contributed by atoms with Gasteiger partial charge in [0.05, 0.1) is 7.11 Å². The van der Waals surface area contributed by atoms with Gasteiger partial charge in [-0.2, -0.15) is 0 Å². The van der Waals surface area contributed by atoms with Gasteiger partial charge in [0.25, 0.3) is 0 Å². The fourth-order valence-corrected chi connectivity index (χ4v) is 2.74. The molecule has 0 spiro atoms. The summed E-state index contributed by atoms with van der Waals surface area (Å²) in [6.45, 7) is 0. The van der Waals surface area contributed by atoms with Crippen LogP contribution >= 0.6 is 11.3 Å². The molecule has 1 aromatic heterocycles. The number of thiophene rings is 1. The Hall–Kier alpha value is -0.870. The van der Waals surface area contributed by atoms with E-state index in [4.69, 9.17) is 10.5 Å². The molecule has 0 saturated heterocycles. The summed E-state index contributed by atoms with van der Waals surface area (Å²) in [6, 6.07) is 1.92. The van der Waals surface area contributed by atoms with Crippen molar-refractivity contribution in [2.75, 3.05) is 7.11 Å². The summed E-state index contributed by atoms with van der Waals surface area (Å²) in [5.41, 5.74) is 6.06. The number of nitrogens with two attached hydrogens (primary N) is 1. The Labute approximate surface area is 80.5 Å². The van der Waals surface area contributed by atoms with E-state index < -0.39 is 5.54 Å². The van der Waals surface area contributed by atoms with Gasteiger partial charge in [-0.05, 0) is 29.9 Å². The Morgan fingerprint density at radius 2 is 2.54 bits per heavy atom. The van der Waals surface area contributed by atoms with Crippen LogP contribution in [0.1, 0.15) is 16.9 Å². The Bertz CT molecular complexity index is 347. The quantitative estimate of drug-likeness (QED) is 0.684. The van der Waals surface area contributed by atoms with Crippen molar-refractivity contribution in [3.05, 3.63) is 21.9 Å². The lowest BCUT2D eigenvalue weighted by Crippen LogP contribution is -2.43. The van der Waals surface area contributed by atoms with Crippen LogP contribution in [0.2, 0.25) is 0 Å². The van der Waals surface area contributed by atoms with Gasteiger partial charge < -0.3 is 10.5 Å². The number of fused-ring (bicyclic) bond motifs is 1. The molecule has 3 nitrogen and oxygen atoms in total. The molecular formula is C9H11NO2S. The van der Waals surface area contributed by atoms with Crippen LogP contribution in [0.3, 0.4) is 0 Å². The molecule has 1 atom stereocenters. The molecule has 0 amide bonds. The summed E-state index contributed by atoms with van der Waals surface area (Å²) in [5, 5.41) is 1.97. The first kappa shape index (κ1) is 8.72.